The van der Waals surface area contributed by atoms with E-state index in [0.717, 1.165) is 34.8 Å². The van der Waals surface area contributed by atoms with Crippen molar-refractivity contribution < 1.29 is 0 Å². The number of hydrogen-bond donors (Lipinski definition) is 0. The maximum absolute atomic E-state index is 4.25. The molecule has 0 fully saturated rings. The normalized spacial score (nSPS) is 11.4. The van der Waals surface area contributed by atoms with Crippen LogP contribution >= 0.6 is 11.8 Å². The Balaban J connectivity index is 1.69. The van der Waals surface area contributed by atoms with Gasteiger partial charge in [0.15, 0.2) is 0 Å². The fourth-order valence-electron chi connectivity index (χ4n) is 2.23. The zero-order valence-electron chi connectivity index (χ0n) is 12.9. The van der Waals surface area contributed by atoms with Gasteiger partial charge in [0, 0.05) is 18.1 Å². The number of fused-ring (bicyclic) bond motifs is 1. The summed E-state index contributed by atoms with van der Waals surface area (Å²) >= 11 is 1.96. The monoisotopic (exact) mass is 312 g/mol. The Morgan fingerprint density at radius 2 is 1.82 bits per heavy atom. The molecule has 2 aromatic carbocycles. The summed E-state index contributed by atoms with van der Waals surface area (Å²) in [5.74, 6) is 2.20. The highest BCUT2D eigenvalue weighted by Gasteiger charge is 2.05. The molecule has 5 heteroatoms. The first-order valence-electron chi connectivity index (χ1n) is 7.36. The molecule has 3 rings (SSSR count). The average molecular weight is 312 g/mol. The van der Waals surface area contributed by atoms with Gasteiger partial charge >= 0.3 is 0 Å². The van der Waals surface area contributed by atoms with Crippen molar-refractivity contribution in [1.29, 1.82) is 0 Å². The van der Waals surface area contributed by atoms with Gasteiger partial charge in [0.1, 0.15) is 5.52 Å². The molecule has 0 aliphatic carbocycles. The minimum absolute atomic E-state index is 0.922. The minimum atomic E-state index is 0.922. The van der Waals surface area contributed by atoms with E-state index in [0.29, 0.717) is 0 Å². The molecule has 3 aromatic rings. The van der Waals surface area contributed by atoms with Crippen molar-refractivity contribution in [3.63, 3.8) is 0 Å². The van der Waals surface area contributed by atoms with E-state index in [-0.39, 0.29) is 0 Å². The predicted molar refractivity (Wildman–Crippen MR) is 93.6 cm³/mol. The van der Waals surface area contributed by atoms with Crippen LogP contribution < -0.4 is 0 Å². The molecule has 0 unspecified atom stereocenters. The number of hydrogen-bond acceptors (Lipinski definition) is 4. The molecule has 0 aliphatic rings. The maximum atomic E-state index is 4.25. The van der Waals surface area contributed by atoms with Crippen molar-refractivity contribution in [3.8, 4) is 5.69 Å². The third-order valence-corrected chi connectivity index (χ3v) is 4.49. The van der Waals surface area contributed by atoms with Crippen LogP contribution in [0.2, 0.25) is 0 Å². The molecule has 0 spiro atoms. The second-order valence-corrected chi connectivity index (χ2v) is 6.62. The van der Waals surface area contributed by atoms with E-state index < -0.39 is 0 Å². The molecular weight excluding hydrogens is 292 g/mol. The molecule has 0 amide bonds. The van der Waals surface area contributed by atoms with Gasteiger partial charge in [0.05, 0.1) is 11.2 Å². The standard InChI is InChI=1S/C17H20N4S/c1-20(2)11-12-22-13-14-7-9-15(10-8-14)21-17-6-4-3-5-16(17)18-19-21/h3-10H,11-13H2,1-2H3. The molecule has 114 valence electrons. The van der Waals surface area contributed by atoms with Crippen LogP contribution in [0.25, 0.3) is 16.7 Å². The lowest BCUT2D eigenvalue weighted by molar-refractivity contribution is 0.437. The van der Waals surface area contributed by atoms with Crippen LogP contribution in [0, 0.1) is 0 Å². The lowest BCUT2D eigenvalue weighted by atomic mass is 10.2. The number of nitrogens with zero attached hydrogens (tertiary/aromatic N) is 4. The first-order valence-corrected chi connectivity index (χ1v) is 8.52. The van der Waals surface area contributed by atoms with E-state index >= 15 is 0 Å². The van der Waals surface area contributed by atoms with Crippen molar-refractivity contribution in [2.75, 3.05) is 26.4 Å². The van der Waals surface area contributed by atoms with Crippen molar-refractivity contribution >= 4 is 22.8 Å². The quantitative estimate of drug-likeness (QED) is 0.655. The first-order chi connectivity index (χ1) is 10.7. The van der Waals surface area contributed by atoms with Gasteiger partial charge in [-0.1, -0.05) is 29.5 Å². The molecule has 22 heavy (non-hydrogen) atoms. The topological polar surface area (TPSA) is 34.0 Å². The zero-order chi connectivity index (χ0) is 15.4. The Morgan fingerprint density at radius 3 is 2.59 bits per heavy atom. The van der Waals surface area contributed by atoms with Gasteiger partial charge in [-0.2, -0.15) is 11.8 Å². The number of para-hydroxylation sites is 1. The third-order valence-electron chi connectivity index (χ3n) is 3.48. The number of rotatable bonds is 6. The van der Waals surface area contributed by atoms with Crippen molar-refractivity contribution in [2.45, 2.75) is 5.75 Å². The molecule has 0 saturated heterocycles. The van der Waals surface area contributed by atoms with E-state index in [1.54, 1.807) is 0 Å². The van der Waals surface area contributed by atoms with Gasteiger partial charge in [-0.3, -0.25) is 0 Å². The fraction of sp³-hybridized carbons (Fsp3) is 0.294. The summed E-state index contributed by atoms with van der Waals surface area (Å²) in [4.78, 5) is 2.21. The van der Waals surface area contributed by atoms with Crippen LogP contribution in [0.5, 0.6) is 0 Å². The highest BCUT2D eigenvalue weighted by molar-refractivity contribution is 7.98. The SMILES string of the molecule is CN(C)CCSCc1ccc(-n2nnc3ccccc32)cc1. The predicted octanol–water partition coefficient (Wildman–Crippen LogP) is 3.22. The molecule has 0 radical (unpaired) electrons. The van der Waals surface area contributed by atoms with E-state index in [2.05, 4.69) is 53.6 Å². The van der Waals surface area contributed by atoms with Gasteiger partial charge < -0.3 is 4.90 Å². The molecule has 0 bridgehead atoms. The Bertz CT molecular complexity index is 734. The van der Waals surface area contributed by atoms with Crippen LogP contribution in [0.4, 0.5) is 0 Å². The number of aromatic nitrogens is 3. The maximum Gasteiger partial charge on any atom is 0.113 e. The summed E-state index contributed by atoms with van der Waals surface area (Å²) < 4.78 is 1.89. The van der Waals surface area contributed by atoms with Gasteiger partial charge in [-0.15, -0.1) is 5.10 Å². The summed E-state index contributed by atoms with van der Waals surface area (Å²) in [7, 11) is 4.22. The third kappa shape index (κ3) is 3.48. The highest BCUT2D eigenvalue weighted by Crippen LogP contribution is 2.18. The lowest BCUT2D eigenvalue weighted by Gasteiger charge is -2.09. The lowest BCUT2D eigenvalue weighted by Crippen LogP contribution is -2.14. The van der Waals surface area contributed by atoms with Crippen LogP contribution in [0.15, 0.2) is 48.5 Å². The highest BCUT2D eigenvalue weighted by atomic mass is 32.2. The Kier molecular flexibility index (Phi) is 4.75. The molecule has 1 aromatic heterocycles. The summed E-state index contributed by atoms with van der Waals surface area (Å²) in [6.45, 7) is 1.12. The van der Waals surface area contributed by atoms with Crippen molar-refractivity contribution in [1.82, 2.24) is 19.9 Å². The van der Waals surface area contributed by atoms with Gasteiger partial charge in [-0.25, -0.2) is 4.68 Å². The largest absolute Gasteiger partial charge is 0.309 e. The second kappa shape index (κ2) is 6.94. The van der Waals surface area contributed by atoms with Crippen molar-refractivity contribution in [3.05, 3.63) is 54.1 Å². The minimum Gasteiger partial charge on any atom is -0.309 e. The van der Waals surface area contributed by atoms with Gasteiger partial charge in [0.25, 0.3) is 0 Å². The molecule has 0 aliphatic heterocycles. The van der Waals surface area contributed by atoms with Gasteiger partial charge in [-0.05, 0) is 43.9 Å². The Labute approximate surface area is 135 Å². The Hall–Kier alpha value is -1.85. The molecule has 0 saturated carbocycles. The molecule has 1 heterocycles. The van der Waals surface area contributed by atoms with Crippen molar-refractivity contribution in [2.24, 2.45) is 0 Å². The second-order valence-electron chi connectivity index (χ2n) is 5.51. The van der Waals surface area contributed by atoms with E-state index in [4.69, 9.17) is 0 Å². The number of benzene rings is 2. The van der Waals surface area contributed by atoms with Gasteiger partial charge in [0.2, 0.25) is 0 Å². The summed E-state index contributed by atoms with van der Waals surface area (Å²) in [6.07, 6.45) is 0. The van der Waals surface area contributed by atoms with Crippen LogP contribution in [0.1, 0.15) is 5.56 Å². The molecule has 4 nitrogen and oxygen atoms in total. The zero-order valence-corrected chi connectivity index (χ0v) is 13.8. The van der Waals surface area contributed by atoms with Crippen LogP contribution in [-0.4, -0.2) is 46.3 Å². The van der Waals surface area contributed by atoms with Crippen LogP contribution in [-0.2, 0) is 5.75 Å². The molecule has 0 atom stereocenters. The number of thioether (sulfide) groups is 1. The first kappa shape index (κ1) is 15.1. The molecule has 0 N–H and O–H groups in total. The Morgan fingerprint density at radius 1 is 1.05 bits per heavy atom. The summed E-state index contributed by atoms with van der Waals surface area (Å²) in [5.41, 5.74) is 4.36. The van der Waals surface area contributed by atoms with E-state index in [1.165, 1.54) is 5.56 Å². The smallest absolute Gasteiger partial charge is 0.113 e. The fourth-order valence-corrected chi connectivity index (χ4v) is 3.30. The molecular formula is C17H20N4S. The van der Waals surface area contributed by atoms with Crippen LogP contribution in [0.3, 0.4) is 0 Å². The summed E-state index contributed by atoms with van der Waals surface area (Å²) in [5, 5.41) is 8.44. The average Bonchev–Trinajstić information content (AvgIpc) is 2.96. The van der Waals surface area contributed by atoms with E-state index in [1.807, 2.05) is 40.7 Å². The van der Waals surface area contributed by atoms with E-state index in [9.17, 15) is 0 Å². The summed E-state index contributed by atoms with van der Waals surface area (Å²) in [6, 6.07) is 16.6.